The van der Waals surface area contributed by atoms with Gasteiger partial charge in [0.2, 0.25) is 5.91 Å². The molecule has 0 spiro atoms. The number of amides is 1. The lowest BCUT2D eigenvalue weighted by atomic mass is 9.60. The van der Waals surface area contributed by atoms with E-state index < -0.39 is 71.5 Å². The molecular formula is C31H35Cl2F2N3O5. The summed E-state index contributed by atoms with van der Waals surface area (Å²) in [6, 6.07) is 8.19. The smallest absolute Gasteiger partial charge is 0.323 e. The minimum absolute atomic E-state index is 0.0619. The first-order valence-electron chi connectivity index (χ1n) is 14.1. The van der Waals surface area contributed by atoms with Gasteiger partial charge in [-0.25, -0.2) is 8.78 Å². The maximum absolute atomic E-state index is 15.9. The zero-order valence-corrected chi connectivity index (χ0v) is 25.4. The predicted molar refractivity (Wildman–Crippen MR) is 156 cm³/mol. The molecule has 2 aliphatic heterocycles. The SMILES string of the molecule is CC(C)(C[C@@H]1N[C@@H](C(=O)OC[C@@H](O)CC(N)=O)[C@H](c2cccc(Cl)c2F)[C@@]1(C#N)c1ccc(Cl)cc1F)C1CCOCC1. The lowest BCUT2D eigenvalue weighted by molar-refractivity contribution is -0.150. The van der Waals surface area contributed by atoms with Gasteiger partial charge in [-0.1, -0.05) is 55.2 Å². The van der Waals surface area contributed by atoms with E-state index in [9.17, 15) is 20.0 Å². The van der Waals surface area contributed by atoms with Crippen LogP contribution in [0, 0.1) is 34.3 Å². The van der Waals surface area contributed by atoms with E-state index >= 15 is 8.78 Å². The van der Waals surface area contributed by atoms with Crippen LogP contribution in [0.5, 0.6) is 0 Å². The quantitative estimate of drug-likeness (QED) is 0.319. The maximum Gasteiger partial charge on any atom is 0.323 e. The summed E-state index contributed by atoms with van der Waals surface area (Å²) >= 11 is 12.3. The molecule has 43 heavy (non-hydrogen) atoms. The first-order valence-corrected chi connectivity index (χ1v) is 14.8. The molecule has 0 bridgehead atoms. The molecule has 12 heteroatoms. The zero-order valence-electron chi connectivity index (χ0n) is 23.9. The summed E-state index contributed by atoms with van der Waals surface area (Å²) in [7, 11) is 0. The number of aliphatic hydroxyl groups is 1. The van der Waals surface area contributed by atoms with Crippen LogP contribution in [0.4, 0.5) is 8.78 Å². The average molecular weight is 639 g/mol. The highest BCUT2D eigenvalue weighted by atomic mass is 35.5. The second kappa shape index (κ2) is 13.4. The van der Waals surface area contributed by atoms with Crippen molar-refractivity contribution in [1.29, 1.82) is 5.26 Å². The summed E-state index contributed by atoms with van der Waals surface area (Å²) in [5.41, 5.74) is 2.74. The molecule has 2 aromatic carbocycles. The summed E-state index contributed by atoms with van der Waals surface area (Å²) in [4.78, 5) is 24.9. The molecule has 0 saturated carbocycles. The lowest BCUT2D eigenvalue weighted by Gasteiger charge is -2.42. The fourth-order valence-corrected chi connectivity index (χ4v) is 6.99. The highest BCUT2D eigenvalue weighted by Crippen LogP contribution is 2.54. The maximum atomic E-state index is 15.9. The molecule has 1 amide bonds. The highest BCUT2D eigenvalue weighted by molar-refractivity contribution is 6.31. The number of primary amides is 1. The van der Waals surface area contributed by atoms with E-state index in [1.165, 1.54) is 30.3 Å². The Labute approximate surface area is 259 Å². The fraction of sp³-hybridized carbons (Fsp3) is 0.516. The van der Waals surface area contributed by atoms with Crippen LogP contribution in [-0.2, 0) is 24.5 Å². The van der Waals surface area contributed by atoms with E-state index in [0.29, 0.717) is 19.6 Å². The molecule has 0 aromatic heterocycles. The van der Waals surface area contributed by atoms with E-state index in [1.54, 1.807) is 0 Å². The van der Waals surface area contributed by atoms with Gasteiger partial charge in [0.15, 0.2) is 0 Å². The Bertz CT molecular complexity index is 1400. The molecule has 4 rings (SSSR count). The molecular weight excluding hydrogens is 603 g/mol. The molecule has 8 nitrogen and oxygen atoms in total. The molecule has 2 aromatic rings. The number of esters is 1. The van der Waals surface area contributed by atoms with Gasteiger partial charge >= 0.3 is 5.97 Å². The van der Waals surface area contributed by atoms with Gasteiger partial charge in [-0.2, -0.15) is 5.26 Å². The molecule has 5 atom stereocenters. The number of halogens is 4. The Hall–Kier alpha value is -2.81. The molecule has 2 aliphatic rings. The van der Waals surface area contributed by atoms with Gasteiger partial charge in [0.05, 0.1) is 23.6 Å². The van der Waals surface area contributed by atoms with Gasteiger partial charge in [-0.3, -0.25) is 14.9 Å². The highest BCUT2D eigenvalue weighted by Gasteiger charge is 2.62. The van der Waals surface area contributed by atoms with Gasteiger partial charge in [-0.05, 0) is 54.4 Å². The molecule has 0 unspecified atom stereocenters. The fourth-order valence-electron chi connectivity index (χ4n) is 6.65. The number of rotatable bonds is 10. The predicted octanol–water partition coefficient (Wildman–Crippen LogP) is 4.78. The number of ether oxygens (including phenoxy) is 2. The molecule has 2 saturated heterocycles. The Balaban J connectivity index is 1.88. The minimum Gasteiger partial charge on any atom is -0.462 e. The topological polar surface area (TPSA) is 135 Å². The third-order valence-electron chi connectivity index (χ3n) is 8.80. The van der Waals surface area contributed by atoms with Crippen LogP contribution >= 0.6 is 23.2 Å². The van der Waals surface area contributed by atoms with E-state index in [4.69, 9.17) is 38.4 Å². The second-order valence-electron chi connectivity index (χ2n) is 12.0. The zero-order chi connectivity index (χ0) is 31.5. The first kappa shape index (κ1) is 33.1. The van der Waals surface area contributed by atoms with E-state index in [2.05, 4.69) is 11.4 Å². The van der Waals surface area contributed by atoms with Crippen LogP contribution in [0.15, 0.2) is 36.4 Å². The largest absolute Gasteiger partial charge is 0.462 e. The molecule has 0 radical (unpaired) electrons. The van der Waals surface area contributed by atoms with Crippen LogP contribution in [-0.4, -0.2) is 55.0 Å². The summed E-state index contributed by atoms with van der Waals surface area (Å²) in [5, 5.41) is 24.2. The average Bonchev–Trinajstić information content (AvgIpc) is 3.27. The summed E-state index contributed by atoms with van der Waals surface area (Å²) < 4.78 is 42.6. The number of aliphatic hydroxyl groups excluding tert-OH is 1. The van der Waals surface area contributed by atoms with E-state index in [-0.39, 0.29) is 27.1 Å². The first-order chi connectivity index (χ1) is 20.3. The van der Waals surface area contributed by atoms with Crippen LogP contribution in [0.1, 0.15) is 56.6 Å². The number of nitrogens with zero attached hydrogens (tertiary/aromatic N) is 1. The van der Waals surface area contributed by atoms with Crippen LogP contribution < -0.4 is 11.1 Å². The van der Waals surface area contributed by atoms with Crippen molar-refractivity contribution in [2.24, 2.45) is 17.1 Å². The molecule has 232 valence electrons. The van der Waals surface area contributed by atoms with Crippen molar-refractivity contribution < 1.29 is 33.0 Å². The standard InChI is InChI=1S/C31H35Cl2F2N3O5/c1-30(2,17-8-10-42-11-9-17)14-24-31(16-36,21-7-6-18(32)12-23(21)34)26(20-4-3-5-22(33)27(20)35)28(38-24)29(41)43-15-19(39)13-25(37)40/h3-7,12,17,19,24,26,28,38-39H,8-11,13-15H2,1-2H3,(H2,37,40)/t19-,24-,26-,28+,31-/m0/s1. The van der Waals surface area contributed by atoms with Crippen molar-refractivity contribution in [3.63, 3.8) is 0 Å². The van der Waals surface area contributed by atoms with Crippen molar-refractivity contribution >= 4 is 35.1 Å². The van der Waals surface area contributed by atoms with Crippen molar-refractivity contribution in [2.45, 2.75) is 69.1 Å². The number of nitriles is 1. The second-order valence-corrected chi connectivity index (χ2v) is 12.8. The van der Waals surface area contributed by atoms with Crippen molar-refractivity contribution in [3.05, 3.63) is 69.2 Å². The number of nitrogens with one attached hydrogen (secondary N) is 1. The monoisotopic (exact) mass is 637 g/mol. The third-order valence-corrected chi connectivity index (χ3v) is 9.33. The number of nitrogens with two attached hydrogens (primary N) is 1. The van der Waals surface area contributed by atoms with E-state index in [0.717, 1.165) is 18.9 Å². The Morgan fingerprint density at radius 2 is 1.95 bits per heavy atom. The van der Waals surface area contributed by atoms with Gasteiger partial charge in [0, 0.05) is 35.8 Å². The molecule has 0 aliphatic carbocycles. The van der Waals surface area contributed by atoms with Gasteiger partial charge in [0.25, 0.3) is 0 Å². The van der Waals surface area contributed by atoms with Gasteiger partial charge in [-0.15, -0.1) is 0 Å². The summed E-state index contributed by atoms with van der Waals surface area (Å²) in [6.45, 7) is 4.69. The summed E-state index contributed by atoms with van der Waals surface area (Å²) in [6.07, 6.45) is 0.0495. The van der Waals surface area contributed by atoms with Gasteiger partial charge in [0.1, 0.15) is 29.7 Å². The Morgan fingerprint density at radius 1 is 1.26 bits per heavy atom. The van der Waals surface area contributed by atoms with Crippen LogP contribution in [0.2, 0.25) is 10.0 Å². The van der Waals surface area contributed by atoms with Gasteiger partial charge < -0.3 is 20.3 Å². The lowest BCUT2D eigenvalue weighted by Crippen LogP contribution is -2.47. The number of carbonyl (C=O) groups excluding carboxylic acids is 2. The van der Waals surface area contributed by atoms with Crippen molar-refractivity contribution in [1.82, 2.24) is 5.32 Å². The molecule has 4 N–H and O–H groups in total. The number of carbonyl (C=O) groups is 2. The third kappa shape index (κ3) is 6.81. The Morgan fingerprint density at radius 3 is 2.58 bits per heavy atom. The number of hydrogen-bond donors (Lipinski definition) is 3. The van der Waals surface area contributed by atoms with Crippen molar-refractivity contribution in [3.8, 4) is 6.07 Å². The minimum atomic E-state index is -1.84. The van der Waals surface area contributed by atoms with Crippen molar-refractivity contribution in [2.75, 3.05) is 19.8 Å². The number of hydrogen-bond acceptors (Lipinski definition) is 7. The molecule has 2 fully saturated rings. The summed E-state index contributed by atoms with van der Waals surface area (Å²) in [5.74, 6) is -4.48. The molecule has 2 heterocycles. The Kier molecular flexibility index (Phi) is 10.4. The number of benzene rings is 2. The van der Waals surface area contributed by atoms with Crippen LogP contribution in [0.3, 0.4) is 0 Å². The normalized spacial score (nSPS) is 25.2. The van der Waals surface area contributed by atoms with E-state index in [1.807, 2.05) is 13.8 Å². The van der Waals surface area contributed by atoms with Crippen LogP contribution in [0.25, 0.3) is 0 Å².